The average Bonchev–Trinajstić information content (AvgIpc) is 2.67. The van der Waals surface area contributed by atoms with Gasteiger partial charge in [0.15, 0.2) is 5.16 Å². The Morgan fingerprint density at radius 2 is 2.24 bits per heavy atom. The maximum atomic E-state index is 5.84. The Labute approximate surface area is 113 Å². The summed E-state index contributed by atoms with van der Waals surface area (Å²) >= 11 is 5.12. The third-order valence-electron chi connectivity index (χ3n) is 2.35. The first kappa shape index (κ1) is 12.6. The average molecular weight is 313 g/mol. The molecule has 0 radical (unpaired) electrons. The summed E-state index contributed by atoms with van der Waals surface area (Å²) in [6, 6.07) is 6.17. The largest absolute Gasteiger partial charge is 0.324 e. The first-order chi connectivity index (χ1) is 8.08. The predicted octanol–water partition coefficient (Wildman–Crippen LogP) is 2.75. The number of halogens is 1. The van der Waals surface area contributed by atoms with Crippen LogP contribution in [0.2, 0.25) is 0 Å². The lowest BCUT2D eigenvalue weighted by Crippen LogP contribution is -2.04. The van der Waals surface area contributed by atoms with Crippen LogP contribution in [0.4, 0.5) is 0 Å². The number of hydrogen-bond donors (Lipinski definition) is 1. The van der Waals surface area contributed by atoms with Gasteiger partial charge < -0.3 is 10.3 Å². The Morgan fingerprint density at radius 1 is 1.47 bits per heavy atom. The molecular weight excluding hydrogens is 300 g/mol. The van der Waals surface area contributed by atoms with Crippen molar-refractivity contribution < 1.29 is 0 Å². The van der Waals surface area contributed by atoms with Gasteiger partial charge >= 0.3 is 0 Å². The van der Waals surface area contributed by atoms with Gasteiger partial charge in [0.25, 0.3) is 0 Å². The predicted molar refractivity (Wildman–Crippen MR) is 71.9 cm³/mol. The van der Waals surface area contributed by atoms with E-state index in [1.807, 2.05) is 36.7 Å². The van der Waals surface area contributed by atoms with Crippen LogP contribution in [0.15, 0.2) is 39.1 Å². The van der Waals surface area contributed by atoms with Gasteiger partial charge in [-0.15, -0.1) is 10.2 Å². The number of nitrogens with two attached hydrogens (primary N) is 1. The molecule has 4 nitrogen and oxygen atoms in total. The Morgan fingerprint density at radius 3 is 2.76 bits per heavy atom. The number of benzene rings is 1. The van der Waals surface area contributed by atoms with E-state index in [1.165, 1.54) is 0 Å². The second kappa shape index (κ2) is 5.20. The Hall–Kier alpha value is -0.850. The Balaban J connectivity index is 2.26. The fourth-order valence-electron chi connectivity index (χ4n) is 1.35. The SMILES string of the molecule is C[C@H](N)c1ccc(Sc2nncn2C)c(Br)c1. The Kier molecular flexibility index (Phi) is 3.86. The normalized spacial score (nSPS) is 12.7. The summed E-state index contributed by atoms with van der Waals surface area (Å²) in [6.07, 6.45) is 1.69. The molecule has 6 heteroatoms. The monoisotopic (exact) mass is 312 g/mol. The molecule has 0 aliphatic heterocycles. The van der Waals surface area contributed by atoms with Crippen LogP contribution < -0.4 is 5.73 Å². The minimum absolute atomic E-state index is 0.0418. The molecule has 1 heterocycles. The van der Waals surface area contributed by atoms with Crippen molar-refractivity contribution in [2.45, 2.75) is 23.0 Å². The van der Waals surface area contributed by atoms with Crippen molar-refractivity contribution in [1.82, 2.24) is 14.8 Å². The zero-order valence-corrected chi connectivity index (χ0v) is 12.0. The lowest BCUT2D eigenvalue weighted by Gasteiger charge is -2.09. The molecule has 0 saturated carbocycles. The highest BCUT2D eigenvalue weighted by molar-refractivity contribution is 9.10. The summed E-state index contributed by atoms with van der Waals surface area (Å²) < 4.78 is 2.91. The van der Waals surface area contributed by atoms with E-state index in [9.17, 15) is 0 Å². The van der Waals surface area contributed by atoms with Crippen LogP contribution in [0, 0.1) is 0 Å². The van der Waals surface area contributed by atoms with Gasteiger partial charge in [-0.05, 0) is 52.3 Å². The smallest absolute Gasteiger partial charge is 0.195 e. The summed E-state index contributed by atoms with van der Waals surface area (Å²) in [5.74, 6) is 0. The van der Waals surface area contributed by atoms with Crippen LogP contribution in [-0.2, 0) is 7.05 Å². The number of aromatic nitrogens is 3. The van der Waals surface area contributed by atoms with E-state index in [0.29, 0.717) is 0 Å². The van der Waals surface area contributed by atoms with Crippen LogP contribution in [0.25, 0.3) is 0 Å². The molecule has 0 unspecified atom stereocenters. The van der Waals surface area contributed by atoms with Crippen LogP contribution in [0.3, 0.4) is 0 Å². The molecule has 0 aliphatic carbocycles. The fraction of sp³-hybridized carbons (Fsp3) is 0.273. The molecule has 1 aromatic carbocycles. The molecular formula is C11H13BrN4S. The number of aryl methyl sites for hydroxylation is 1. The third kappa shape index (κ3) is 2.88. The molecule has 0 amide bonds. The molecule has 90 valence electrons. The minimum atomic E-state index is 0.0418. The molecule has 0 aliphatic rings. The molecule has 2 rings (SSSR count). The molecule has 0 spiro atoms. The van der Waals surface area contributed by atoms with Crippen molar-refractivity contribution in [2.24, 2.45) is 12.8 Å². The van der Waals surface area contributed by atoms with Gasteiger partial charge in [-0.3, -0.25) is 0 Å². The van der Waals surface area contributed by atoms with Gasteiger partial charge in [0.05, 0.1) is 0 Å². The maximum absolute atomic E-state index is 5.84. The van der Waals surface area contributed by atoms with Gasteiger partial charge in [0, 0.05) is 22.5 Å². The zero-order valence-electron chi connectivity index (χ0n) is 9.59. The first-order valence-corrected chi connectivity index (χ1v) is 6.75. The standard InChI is InChI=1S/C11H13BrN4S/c1-7(13)8-3-4-10(9(12)5-8)17-11-15-14-6-16(11)2/h3-7H,13H2,1-2H3/t7-/m0/s1. The van der Waals surface area contributed by atoms with E-state index >= 15 is 0 Å². The fourth-order valence-corrected chi connectivity index (χ4v) is 2.75. The molecule has 17 heavy (non-hydrogen) atoms. The van der Waals surface area contributed by atoms with Crippen LogP contribution >= 0.6 is 27.7 Å². The summed E-state index contributed by atoms with van der Waals surface area (Å²) in [4.78, 5) is 1.10. The van der Waals surface area contributed by atoms with Gasteiger partial charge in [-0.25, -0.2) is 0 Å². The van der Waals surface area contributed by atoms with E-state index in [4.69, 9.17) is 5.73 Å². The number of nitrogens with zero attached hydrogens (tertiary/aromatic N) is 3. The summed E-state index contributed by atoms with van der Waals surface area (Å²) in [5.41, 5.74) is 6.95. The topological polar surface area (TPSA) is 56.7 Å². The van der Waals surface area contributed by atoms with E-state index in [1.54, 1.807) is 18.1 Å². The van der Waals surface area contributed by atoms with E-state index in [-0.39, 0.29) is 6.04 Å². The van der Waals surface area contributed by atoms with Crippen molar-refractivity contribution >= 4 is 27.7 Å². The van der Waals surface area contributed by atoms with Gasteiger partial charge in [0.2, 0.25) is 0 Å². The van der Waals surface area contributed by atoms with Crippen molar-refractivity contribution in [3.8, 4) is 0 Å². The minimum Gasteiger partial charge on any atom is -0.324 e. The van der Waals surface area contributed by atoms with Crippen molar-refractivity contribution in [3.63, 3.8) is 0 Å². The quantitative estimate of drug-likeness (QED) is 0.946. The number of rotatable bonds is 3. The highest BCUT2D eigenvalue weighted by atomic mass is 79.9. The molecule has 0 bridgehead atoms. The third-order valence-corrected chi connectivity index (χ3v) is 4.40. The first-order valence-electron chi connectivity index (χ1n) is 5.15. The van der Waals surface area contributed by atoms with Crippen molar-refractivity contribution in [2.75, 3.05) is 0 Å². The second-order valence-electron chi connectivity index (χ2n) is 3.81. The van der Waals surface area contributed by atoms with E-state index < -0.39 is 0 Å². The van der Waals surface area contributed by atoms with Gasteiger partial charge in [-0.1, -0.05) is 6.07 Å². The van der Waals surface area contributed by atoms with Gasteiger partial charge in [0.1, 0.15) is 6.33 Å². The molecule has 0 fully saturated rings. The van der Waals surface area contributed by atoms with Crippen LogP contribution in [0.5, 0.6) is 0 Å². The molecule has 2 N–H and O–H groups in total. The lowest BCUT2D eigenvalue weighted by molar-refractivity contribution is 0.788. The molecule has 1 aromatic heterocycles. The van der Waals surface area contributed by atoms with Crippen molar-refractivity contribution in [3.05, 3.63) is 34.6 Å². The second-order valence-corrected chi connectivity index (χ2v) is 5.67. The molecule has 0 saturated heterocycles. The molecule has 1 atom stereocenters. The summed E-state index contributed by atoms with van der Waals surface area (Å²) in [7, 11) is 1.92. The zero-order chi connectivity index (χ0) is 12.4. The summed E-state index contributed by atoms with van der Waals surface area (Å²) in [6.45, 7) is 1.97. The number of hydrogen-bond acceptors (Lipinski definition) is 4. The highest BCUT2D eigenvalue weighted by Gasteiger charge is 2.09. The van der Waals surface area contributed by atoms with E-state index in [0.717, 1.165) is 20.1 Å². The van der Waals surface area contributed by atoms with Gasteiger partial charge in [-0.2, -0.15) is 0 Å². The van der Waals surface area contributed by atoms with E-state index in [2.05, 4.69) is 26.1 Å². The highest BCUT2D eigenvalue weighted by Crippen LogP contribution is 2.33. The Bertz CT molecular complexity index is 524. The van der Waals surface area contributed by atoms with Crippen LogP contribution in [-0.4, -0.2) is 14.8 Å². The lowest BCUT2D eigenvalue weighted by atomic mass is 10.1. The maximum Gasteiger partial charge on any atom is 0.195 e. The summed E-state index contributed by atoms with van der Waals surface area (Å²) in [5, 5.41) is 8.75. The van der Waals surface area contributed by atoms with Crippen LogP contribution in [0.1, 0.15) is 18.5 Å². The molecule has 2 aromatic rings. The van der Waals surface area contributed by atoms with Crippen molar-refractivity contribution in [1.29, 1.82) is 0 Å².